The number of carbonyl (C=O) groups is 1. The molecule has 2 heterocycles. The predicted octanol–water partition coefficient (Wildman–Crippen LogP) is 1.40. The van der Waals surface area contributed by atoms with Crippen molar-refractivity contribution in [2.75, 3.05) is 13.1 Å². The van der Waals surface area contributed by atoms with Gasteiger partial charge in [0.05, 0.1) is 6.26 Å². The maximum absolute atomic E-state index is 11.8. The van der Waals surface area contributed by atoms with Crippen LogP contribution in [-0.2, 0) is 0 Å². The molecule has 4 nitrogen and oxygen atoms in total. The minimum atomic E-state index is -0.120. The number of hydrogen-bond donors (Lipinski definition) is 2. The molecule has 2 N–H and O–H groups in total. The summed E-state index contributed by atoms with van der Waals surface area (Å²) in [7, 11) is 0. The Hall–Kier alpha value is -1.29. The van der Waals surface area contributed by atoms with Crippen molar-refractivity contribution >= 4 is 5.91 Å². The maximum Gasteiger partial charge on any atom is 0.287 e. The van der Waals surface area contributed by atoms with E-state index in [1.807, 2.05) is 0 Å². The molecule has 0 radical (unpaired) electrons. The first-order valence-corrected chi connectivity index (χ1v) is 5.65. The Bertz CT molecular complexity index is 357. The van der Waals surface area contributed by atoms with Crippen LogP contribution in [0.2, 0.25) is 0 Å². The number of furan rings is 1. The first-order chi connectivity index (χ1) is 7.59. The van der Waals surface area contributed by atoms with Crippen LogP contribution < -0.4 is 10.6 Å². The number of amides is 1. The lowest BCUT2D eigenvalue weighted by atomic mass is 9.80. The fourth-order valence-electron chi connectivity index (χ4n) is 2.08. The summed E-state index contributed by atoms with van der Waals surface area (Å²) >= 11 is 0. The molecule has 2 rings (SSSR count). The molecular formula is C12H18N2O2. The van der Waals surface area contributed by atoms with E-state index in [9.17, 15) is 4.79 Å². The molecule has 1 atom stereocenters. The molecule has 0 aromatic carbocycles. The molecule has 1 aliphatic rings. The quantitative estimate of drug-likeness (QED) is 0.795. The number of piperidine rings is 1. The van der Waals surface area contributed by atoms with Gasteiger partial charge >= 0.3 is 0 Å². The summed E-state index contributed by atoms with van der Waals surface area (Å²) in [4.78, 5) is 11.8. The van der Waals surface area contributed by atoms with E-state index in [0.717, 1.165) is 19.5 Å². The van der Waals surface area contributed by atoms with Crippen molar-refractivity contribution in [3.63, 3.8) is 0 Å². The number of hydrogen-bond acceptors (Lipinski definition) is 3. The van der Waals surface area contributed by atoms with Crippen molar-refractivity contribution in [2.45, 2.75) is 26.3 Å². The van der Waals surface area contributed by atoms with Crippen LogP contribution in [0, 0.1) is 5.41 Å². The van der Waals surface area contributed by atoms with Crippen molar-refractivity contribution in [1.82, 2.24) is 10.6 Å². The summed E-state index contributed by atoms with van der Waals surface area (Å²) in [5.74, 6) is 0.263. The molecule has 1 amide bonds. The van der Waals surface area contributed by atoms with Gasteiger partial charge in [0, 0.05) is 12.6 Å². The Morgan fingerprint density at radius 2 is 2.44 bits per heavy atom. The topological polar surface area (TPSA) is 54.3 Å². The molecular weight excluding hydrogens is 204 g/mol. The first kappa shape index (κ1) is 11.2. The second-order valence-corrected chi connectivity index (χ2v) is 4.96. The molecule has 0 spiro atoms. The lowest BCUT2D eigenvalue weighted by Crippen LogP contribution is -2.54. The molecule has 1 unspecified atom stereocenters. The standard InChI is InChI=1S/C12H18N2O2/c1-12(2)8-13-6-5-10(12)14-11(15)9-4-3-7-16-9/h3-4,7,10,13H,5-6,8H2,1-2H3,(H,14,15). The third-order valence-corrected chi connectivity index (χ3v) is 3.18. The highest BCUT2D eigenvalue weighted by molar-refractivity contribution is 5.91. The smallest absolute Gasteiger partial charge is 0.287 e. The Balaban J connectivity index is 2.01. The molecule has 0 aliphatic carbocycles. The highest BCUT2D eigenvalue weighted by Gasteiger charge is 2.33. The van der Waals surface area contributed by atoms with Gasteiger partial charge in [0.15, 0.2) is 5.76 Å². The fraction of sp³-hybridized carbons (Fsp3) is 0.583. The van der Waals surface area contributed by atoms with Crippen LogP contribution in [0.4, 0.5) is 0 Å². The van der Waals surface area contributed by atoms with E-state index in [4.69, 9.17) is 4.42 Å². The summed E-state index contributed by atoms with van der Waals surface area (Å²) in [6.45, 7) is 6.20. The third-order valence-electron chi connectivity index (χ3n) is 3.18. The lowest BCUT2D eigenvalue weighted by molar-refractivity contribution is 0.0841. The molecule has 1 saturated heterocycles. The molecule has 0 saturated carbocycles. The minimum Gasteiger partial charge on any atom is -0.459 e. The van der Waals surface area contributed by atoms with E-state index in [1.165, 1.54) is 6.26 Å². The van der Waals surface area contributed by atoms with Gasteiger partial charge < -0.3 is 15.1 Å². The summed E-state index contributed by atoms with van der Waals surface area (Å²) in [5.41, 5.74) is 0.0838. The normalized spacial score (nSPS) is 24.0. The van der Waals surface area contributed by atoms with Gasteiger partial charge in [-0.3, -0.25) is 4.79 Å². The molecule has 1 aromatic rings. The van der Waals surface area contributed by atoms with E-state index >= 15 is 0 Å². The molecule has 1 aromatic heterocycles. The van der Waals surface area contributed by atoms with Crippen molar-refractivity contribution in [3.8, 4) is 0 Å². The van der Waals surface area contributed by atoms with Gasteiger partial charge in [0.1, 0.15) is 0 Å². The predicted molar refractivity (Wildman–Crippen MR) is 61.2 cm³/mol. The summed E-state index contributed by atoms with van der Waals surface area (Å²) in [5, 5.41) is 6.38. The molecule has 16 heavy (non-hydrogen) atoms. The second kappa shape index (κ2) is 4.29. The summed E-state index contributed by atoms with van der Waals surface area (Å²) < 4.78 is 5.08. The number of carbonyl (C=O) groups excluding carboxylic acids is 1. The Morgan fingerprint density at radius 3 is 3.06 bits per heavy atom. The van der Waals surface area contributed by atoms with Crippen LogP contribution in [0.1, 0.15) is 30.8 Å². The average Bonchev–Trinajstić information content (AvgIpc) is 2.74. The summed E-state index contributed by atoms with van der Waals surface area (Å²) in [6, 6.07) is 3.61. The molecule has 0 bridgehead atoms. The van der Waals surface area contributed by atoms with E-state index < -0.39 is 0 Å². The van der Waals surface area contributed by atoms with Crippen LogP contribution in [0.3, 0.4) is 0 Å². The van der Waals surface area contributed by atoms with Crippen molar-refractivity contribution in [3.05, 3.63) is 24.2 Å². The van der Waals surface area contributed by atoms with Crippen LogP contribution in [0.15, 0.2) is 22.8 Å². The van der Waals surface area contributed by atoms with Crippen LogP contribution in [0.5, 0.6) is 0 Å². The lowest BCUT2D eigenvalue weighted by Gasteiger charge is -2.39. The van der Waals surface area contributed by atoms with Crippen molar-refractivity contribution < 1.29 is 9.21 Å². The van der Waals surface area contributed by atoms with Gasteiger partial charge in [0.25, 0.3) is 5.91 Å². The van der Waals surface area contributed by atoms with Crippen molar-refractivity contribution in [1.29, 1.82) is 0 Å². The van der Waals surface area contributed by atoms with Gasteiger partial charge in [-0.15, -0.1) is 0 Å². The number of rotatable bonds is 2. The van der Waals surface area contributed by atoms with Gasteiger partial charge in [-0.05, 0) is 30.5 Å². The molecule has 1 aliphatic heterocycles. The van der Waals surface area contributed by atoms with Crippen LogP contribution in [0.25, 0.3) is 0 Å². The summed E-state index contributed by atoms with van der Waals surface area (Å²) in [6.07, 6.45) is 2.47. The highest BCUT2D eigenvalue weighted by atomic mass is 16.3. The molecule has 4 heteroatoms. The molecule has 1 fully saturated rings. The highest BCUT2D eigenvalue weighted by Crippen LogP contribution is 2.25. The van der Waals surface area contributed by atoms with Crippen molar-refractivity contribution in [2.24, 2.45) is 5.41 Å². The van der Waals surface area contributed by atoms with Crippen LogP contribution >= 0.6 is 0 Å². The van der Waals surface area contributed by atoms with E-state index in [-0.39, 0.29) is 17.4 Å². The monoisotopic (exact) mass is 222 g/mol. The SMILES string of the molecule is CC1(C)CNCCC1NC(=O)c1ccco1. The zero-order valence-electron chi connectivity index (χ0n) is 9.75. The van der Waals surface area contributed by atoms with Gasteiger partial charge in [0.2, 0.25) is 0 Å². The third kappa shape index (κ3) is 2.27. The van der Waals surface area contributed by atoms with Gasteiger partial charge in [-0.25, -0.2) is 0 Å². The largest absolute Gasteiger partial charge is 0.459 e. The number of nitrogens with one attached hydrogen (secondary N) is 2. The zero-order valence-corrected chi connectivity index (χ0v) is 9.75. The fourth-order valence-corrected chi connectivity index (χ4v) is 2.08. The van der Waals surface area contributed by atoms with Gasteiger partial charge in [-0.2, -0.15) is 0 Å². The van der Waals surface area contributed by atoms with E-state index in [1.54, 1.807) is 12.1 Å². The first-order valence-electron chi connectivity index (χ1n) is 5.65. The Morgan fingerprint density at radius 1 is 1.62 bits per heavy atom. The minimum absolute atomic E-state index is 0.0838. The van der Waals surface area contributed by atoms with Gasteiger partial charge in [-0.1, -0.05) is 13.8 Å². The average molecular weight is 222 g/mol. The zero-order chi connectivity index (χ0) is 11.6. The van der Waals surface area contributed by atoms with E-state index in [0.29, 0.717) is 5.76 Å². The molecule has 88 valence electrons. The van der Waals surface area contributed by atoms with Crippen LogP contribution in [-0.4, -0.2) is 25.0 Å². The Labute approximate surface area is 95.4 Å². The Kier molecular flexibility index (Phi) is 3.01. The maximum atomic E-state index is 11.8. The second-order valence-electron chi connectivity index (χ2n) is 4.96. The van der Waals surface area contributed by atoms with E-state index in [2.05, 4.69) is 24.5 Å².